The lowest BCUT2D eigenvalue weighted by Crippen LogP contribution is -2.33. The summed E-state index contributed by atoms with van der Waals surface area (Å²) < 4.78 is 5.12. The van der Waals surface area contributed by atoms with Crippen LogP contribution in [-0.2, 0) is 16.0 Å². The molecule has 1 aromatic heterocycles. The van der Waals surface area contributed by atoms with Gasteiger partial charge >= 0.3 is 6.09 Å². The number of hydrogen-bond acceptors (Lipinski definition) is 4. The lowest BCUT2D eigenvalue weighted by atomic mass is 10.2. The van der Waals surface area contributed by atoms with Crippen molar-refractivity contribution in [2.75, 3.05) is 13.1 Å². The number of imidazole rings is 1. The van der Waals surface area contributed by atoms with Crippen molar-refractivity contribution >= 4 is 23.0 Å². The summed E-state index contributed by atoms with van der Waals surface area (Å²) in [5, 5.41) is 5.49. The first-order valence-corrected chi connectivity index (χ1v) is 8.51. The fourth-order valence-electron chi connectivity index (χ4n) is 2.29. The summed E-state index contributed by atoms with van der Waals surface area (Å²) in [4.78, 5) is 30.9. The lowest BCUT2D eigenvalue weighted by Gasteiger charge is -2.19. The van der Waals surface area contributed by atoms with Gasteiger partial charge in [-0.05, 0) is 39.3 Å². The van der Waals surface area contributed by atoms with Gasteiger partial charge in [0.15, 0.2) is 0 Å². The Kier molecular flexibility index (Phi) is 6.38. The van der Waals surface area contributed by atoms with E-state index in [4.69, 9.17) is 4.74 Å². The Balaban J connectivity index is 1.59. The van der Waals surface area contributed by atoms with E-state index in [1.165, 1.54) is 0 Å². The van der Waals surface area contributed by atoms with Crippen LogP contribution in [0.2, 0.25) is 0 Å². The Labute approximate surface area is 147 Å². The number of nitrogens with zero attached hydrogens (tertiary/aromatic N) is 1. The minimum absolute atomic E-state index is 0.0397. The molecule has 0 aliphatic rings. The van der Waals surface area contributed by atoms with Crippen molar-refractivity contribution in [1.29, 1.82) is 0 Å². The number of amides is 2. The standard InChI is InChI=1S/C18H26N4O3/c1-18(2,3)25-17(24)20-11-6-9-16(23)19-12-10-15-21-13-7-4-5-8-14(13)22-15/h4-5,7-8H,6,9-12H2,1-3H3,(H,19,23)(H,20,24)(H,21,22). The van der Waals surface area contributed by atoms with E-state index in [9.17, 15) is 9.59 Å². The highest BCUT2D eigenvalue weighted by molar-refractivity contribution is 5.76. The molecule has 0 spiro atoms. The molecule has 0 radical (unpaired) electrons. The van der Waals surface area contributed by atoms with E-state index in [0.717, 1.165) is 16.9 Å². The van der Waals surface area contributed by atoms with Gasteiger partial charge in [-0.3, -0.25) is 4.79 Å². The van der Waals surface area contributed by atoms with Crippen LogP contribution in [0.15, 0.2) is 24.3 Å². The largest absolute Gasteiger partial charge is 0.444 e. The van der Waals surface area contributed by atoms with E-state index in [0.29, 0.717) is 32.4 Å². The highest BCUT2D eigenvalue weighted by atomic mass is 16.6. The first kappa shape index (κ1) is 18.8. The topological polar surface area (TPSA) is 96.1 Å². The van der Waals surface area contributed by atoms with Crippen LogP contribution in [0, 0.1) is 0 Å². The molecule has 0 saturated heterocycles. The number of aromatic amines is 1. The van der Waals surface area contributed by atoms with Gasteiger partial charge in [0.25, 0.3) is 0 Å². The van der Waals surface area contributed by atoms with Gasteiger partial charge in [-0.2, -0.15) is 0 Å². The molecule has 0 aliphatic carbocycles. The van der Waals surface area contributed by atoms with Crippen molar-refractivity contribution in [3.63, 3.8) is 0 Å². The monoisotopic (exact) mass is 346 g/mol. The Bertz CT molecular complexity index is 685. The number of alkyl carbamates (subject to hydrolysis) is 1. The number of fused-ring (bicyclic) bond motifs is 1. The molecule has 0 bridgehead atoms. The van der Waals surface area contributed by atoms with Crippen molar-refractivity contribution in [3.8, 4) is 0 Å². The number of para-hydroxylation sites is 2. The second-order valence-electron chi connectivity index (χ2n) is 6.83. The van der Waals surface area contributed by atoms with Gasteiger partial charge in [0.2, 0.25) is 5.91 Å². The zero-order valence-electron chi connectivity index (χ0n) is 15.0. The van der Waals surface area contributed by atoms with E-state index in [-0.39, 0.29) is 5.91 Å². The van der Waals surface area contributed by atoms with Crippen LogP contribution >= 0.6 is 0 Å². The number of rotatable bonds is 7. The molecule has 7 heteroatoms. The third kappa shape index (κ3) is 6.82. The van der Waals surface area contributed by atoms with Crippen LogP contribution in [0.4, 0.5) is 4.79 Å². The molecule has 7 nitrogen and oxygen atoms in total. The minimum atomic E-state index is -0.516. The Morgan fingerprint density at radius 1 is 1.16 bits per heavy atom. The molecule has 2 amide bonds. The van der Waals surface area contributed by atoms with Crippen molar-refractivity contribution in [3.05, 3.63) is 30.1 Å². The first-order chi connectivity index (χ1) is 11.8. The van der Waals surface area contributed by atoms with Gasteiger partial charge in [-0.1, -0.05) is 12.1 Å². The number of benzene rings is 1. The van der Waals surface area contributed by atoms with Crippen molar-refractivity contribution in [2.45, 2.75) is 45.6 Å². The molecule has 0 saturated carbocycles. The van der Waals surface area contributed by atoms with Gasteiger partial charge in [-0.15, -0.1) is 0 Å². The molecular weight excluding hydrogens is 320 g/mol. The maximum absolute atomic E-state index is 11.8. The minimum Gasteiger partial charge on any atom is -0.444 e. The van der Waals surface area contributed by atoms with Crippen LogP contribution in [0.1, 0.15) is 39.4 Å². The molecule has 1 aromatic carbocycles. The van der Waals surface area contributed by atoms with Gasteiger partial charge in [0.05, 0.1) is 11.0 Å². The van der Waals surface area contributed by atoms with Crippen LogP contribution in [0.5, 0.6) is 0 Å². The molecule has 0 aliphatic heterocycles. The molecule has 0 unspecified atom stereocenters. The summed E-state index contributed by atoms with van der Waals surface area (Å²) in [5.74, 6) is 0.815. The second kappa shape index (κ2) is 8.50. The zero-order valence-corrected chi connectivity index (χ0v) is 15.0. The number of carbonyl (C=O) groups excluding carboxylic acids is 2. The maximum Gasteiger partial charge on any atom is 0.407 e. The van der Waals surface area contributed by atoms with Crippen LogP contribution < -0.4 is 10.6 Å². The maximum atomic E-state index is 11.8. The SMILES string of the molecule is CC(C)(C)OC(=O)NCCCC(=O)NCCc1nc2ccccc2[nH]1. The second-order valence-corrected chi connectivity index (χ2v) is 6.83. The molecule has 25 heavy (non-hydrogen) atoms. The van der Waals surface area contributed by atoms with E-state index in [1.54, 1.807) is 0 Å². The number of carbonyl (C=O) groups is 2. The highest BCUT2D eigenvalue weighted by Gasteiger charge is 2.15. The van der Waals surface area contributed by atoms with Crippen molar-refractivity contribution in [1.82, 2.24) is 20.6 Å². The summed E-state index contributed by atoms with van der Waals surface area (Å²) in [6, 6.07) is 7.82. The van der Waals surface area contributed by atoms with Gasteiger partial charge in [0, 0.05) is 25.9 Å². The third-order valence-corrected chi connectivity index (χ3v) is 3.37. The predicted octanol–water partition coefficient (Wildman–Crippen LogP) is 2.53. The fraction of sp³-hybridized carbons (Fsp3) is 0.500. The summed E-state index contributed by atoms with van der Waals surface area (Å²) in [6.07, 6.45) is 1.11. The molecule has 1 heterocycles. The number of hydrogen-bond donors (Lipinski definition) is 3. The smallest absolute Gasteiger partial charge is 0.407 e. The molecule has 0 fully saturated rings. The average Bonchev–Trinajstić information content (AvgIpc) is 2.92. The molecule has 0 atom stereocenters. The highest BCUT2D eigenvalue weighted by Crippen LogP contribution is 2.10. The Morgan fingerprint density at radius 2 is 1.92 bits per heavy atom. The number of aromatic nitrogens is 2. The normalized spacial score (nSPS) is 11.3. The molecule has 2 aromatic rings. The molecular formula is C18H26N4O3. The van der Waals surface area contributed by atoms with Gasteiger partial charge in [0.1, 0.15) is 11.4 Å². The fourth-order valence-corrected chi connectivity index (χ4v) is 2.29. The average molecular weight is 346 g/mol. The molecule has 2 rings (SSSR count). The van der Waals surface area contributed by atoms with E-state index in [1.807, 2.05) is 45.0 Å². The van der Waals surface area contributed by atoms with Crippen LogP contribution in [0.3, 0.4) is 0 Å². The number of nitrogens with one attached hydrogen (secondary N) is 3. The Hall–Kier alpha value is -2.57. The lowest BCUT2D eigenvalue weighted by molar-refractivity contribution is -0.121. The predicted molar refractivity (Wildman–Crippen MR) is 96.3 cm³/mol. The number of ether oxygens (including phenoxy) is 1. The van der Waals surface area contributed by atoms with E-state index < -0.39 is 11.7 Å². The van der Waals surface area contributed by atoms with Crippen LogP contribution in [-0.4, -0.2) is 40.7 Å². The van der Waals surface area contributed by atoms with Crippen LogP contribution in [0.25, 0.3) is 11.0 Å². The van der Waals surface area contributed by atoms with Crippen molar-refractivity contribution < 1.29 is 14.3 Å². The number of H-pyrrole nitrogens is 1. The first-order valence-electron chi connectivity index (χ1n) is 8.51. The van der Waals surface area contributed by atoms with E-state index in [2.05, 4.69) is 20.6 Å². The van der Waals surface area contributed by atoms with Crippen molar-refractivity contribution in [2.24, 2.45) is 0 Å². The summed E-state index contributed by atoms with van der Waals surface area (Å²) in [5.41, 5.74) is 1.41. The van der Waals surface area contributed by atoms with E-state index >= 15 is 0 Å². The molecule has 3 N–H and O–H groups in total. The summed E-state index contributed by atoms with van der Waals surface area (Å²) in [6.45, 7) is 6.36. The summed E-state index contributed by atoms with van der Waals surface area (Å²) in [7, 11) is 0. The molecule has 136 valence electrons. The van der Waals surface area contributed by atoms with Gasteiger partial charge < -0.3 is 20.4 Å². The summed E-state index contributed by atoms with van der Waals surface area (Å²) >= 11 is 0. The zero-order chi connectivity index (χ0) is 18.3. The Morgan fingerprint density at radius 3 is 2.64 bits per heavy atom. The van der Waals surface area contributed by atoms with Gasteiger partial charge in [-0.25, -0.2) is 9.78 Å². The quantitative estimate of drug-likeness (QED) is 0.671. The third-order valence-electron chi connectivity index (χ3n) is 3.37.